The summed E-state index contributed by atoms with van der Waals surface area (Å²) in [7, 11) is 0. The summed E-state index contributed by atoms with van der Waals surface area (Å²) < 4.78 is 11.8. The molecular weight excluding hydrogens is 504 g/mol. The third-order valence-electron chi connectivity index (χ3n) is 6.29. The predicted molar refractivity (Wildman–Crippen MR) is 133 cm³/mol. The van der Waals surface area contributed by atoms with Gasteiger partial charge in [-0.2, -0.15) is 0 Å². The predicted octanol–water partition coefficient (Wildman–Crippen LogP) is -1.99. The van der Waals surface area contributed by atoms with Crippen LogP contribution in [0.15, 0.2) is 59.0 Å². The van der Waals surface area contributed by atoms with Crippen LogP contribution in [0.1, 0.15) is 52.0 Å². The molecule has 4 rings (SSSR count). The molecule has 0 amide bonds. The van der Waals surface area contributed by atoms with Crippen LogP contribution in [0, 0.1) is 5.92 Å². The van der Waals surface area contributed by atoms with Gasteiger partial charge in [0.25, 0.3) is 0 Å². The number of aliphatic carboxylic acids is 2. The maximum absolute atomic E-state index is 10.8. The normalized spacial score (nSPS) is 11.3. The van der Waals surface area contributed by atoms with Gasteiger partial charge in [0.2, 0.25) is 5.89 Å². The van der Waals surface area contributed by atoms with Crippen LogP contribution in [0.3, 0.4) is 0 Å². The standard InChI is InChI=1S/C29H31NO6.2Na/c1-29(2,3)21-11-13-25-24(17-21)30-26(36-25)20-9-8-19-16-22(12-10-18(19)15-20)35-14-6-4-5-7-23(27(31)32)28(33)34;;/h8-13,15-17,23H,4-7,14H2,1-3H3,(H,31,32)(H,33,34);;/q;2*+1/p-2. The van der Waals surface area contributed by atoms with Crippen LogP contribution >= 0.6 is 0 Å². The third kappa shape index (κ3) is 8.07. The molecule has 0 aliphatic carbocycles. The van der Waals surface area contributed by atoms with Gasteiger partial charge < -0.3 is 29.0 Å². The Morgan fingerprint density at radius 2 is 1.58 bits per heavy atom. The molecule has 1 aromatic heterocycles. The number of benzene rings is 3. The van der Waals surface area contributed by atoms with E-state index in [1.165, 1.54) is 5.56 Å². The molecule has 0 aliphatic rings. The van der Waals surface area contributed by atoms with Crippen LogP contribution in [0.5, 0.6) is 5.75 Å². The molecule has 0 atom stereocenters. The van der Waals surface area contributed by atoms with Crippen molar-refractivity contribution in [1.82, 2.24) is 4.98 Å². The summed E-state index contributed by atoms with van der Waals surface area (Å²) in [6.45, 7) is 6.96. The summed E-state index contributed by atoms with van der Waals surface area (Å²) in [5, 5.41) is 23.6. The van der Waals surface area contributed by atoms with Crippen LogP contribution < -0.4 is 74.1 Å². The summed E-state index contributed by atoms with van der Waals surface area (Å²) in [5.74, 6) is -3.45. The van der Waals surface area contributed by atoms with Gasteiger partial charge in [-0.25, -0.2) is 4.98 Å². The molecule has 38 heavy (non-hydrogen) atoms. The molecule has 0 saturated carbocycles. The number of rotatable bonds is 10. The summed E-state index contributed by atoms with van der Waals surface area (Å²) in [6, 6.07) is 18.0. The number of aromatic nitrogens is 1. The number of unbranched alkanes of at least 4 members (excludes halogenated alkanes) is 2. The monoisotopic (exact) mass is 533 g/mol. The average Bonchev–Trinajstić information content (AvgIpc) is 3.25. The van der Waals surface area contributed by atoms with E-state index in [4.69, 9.17) is 14.1 Å². The van der Waals surface area contributed by atoms with E-state index < -0.39 is 17.9 Å². The molecular formula is C29H29NNa2O6. The molecule has 0 fully saturated rings. The molecule has 0 saturated heterocycles. The van der Waals surface area contributed by atoms with E-state index in [-0.39, 0.29) is 71.0 Å². The SMILES string of the molecule is CC(C)(C)c1ccc2oc(-c3ccc4cc(OCCCCCC(C(=O)[O-])C(=O)[O-])ccc4c3)nc2c1.[Na+].[Na+]. The van der Waals surface area contributed by atoms with Crippen molar-refractivity contribution in [3.63, 3.8) is 0 Å². The second-order valence-electron chi connectivity index (χ2n) is 10.1. The summed E-state index contributed by atoms with van der Waals surface area (Å²) in [6.07, 6.45) is 1.78. The van der Waals surface area contributed by atoms with Gasteiger partial charge in [-0.15, -0.1) is 0 Å². The first-order chi connectivity index (χ1) is 17.1. The second-order valence-corrected chi connectivity index (χ2v) is 10.1. The summed E-state index contributed by atoms with van der Waals surface area (Å²) >= 11 is 0. The Morgan fingerprint density at radius 3 is 2.26 bits per heavy atom. The van der Waals surface area contributed by atoms with E-state index in [9.17, 15) is 19.8 Å². The number of carbonyl (C=O) groups excluding carboxylic acids is 2. The number of hydrogen-bond acceptors (Lipinski definition) is 7. The van der Waals surface area contributed by atoms with Crippen molar-refractivity contribution in [3.8, 4) is 17.2 Å². The molecule has 9 heteroatoms. The first-order valence-electron chi connectivity index (χ1n) is 12.1. The quantitative estimate of drug-likeness (QED) is 0.132. The van der Waals surface area contributed by atoms with Crippen molar-refractivity contribution in [2.75, 3.05) is 6.61 Å². The largest absolute Gasteiger partial charge is 1.00 e. The van der Waals surface area contributed by atoms with E-state index in [0.29, 0.717) is 31.8 Å². The van der Waals surface area contributed by atoms with Gasteiger partial charge in [-0.1, -0.05) is 51.8 Å². The van der Waals surface area contributed by atoms with Crippen molar-refractivity contribution < 1.29 is 88.1 Å². The fourth-order valence-corrected chi connectivity index (χ4v) is 4.11. The molecule has 0 N–H and O–H groups in total. The van der Waals surface area contributed by atoms with Crippen molar-refractivity contribution in [3.05, 3.63) is 60.2 Å². The zero-order chi connectivity index (χ0) is 25.9. The van der Waals surface area contributed by atoms with Crippen LogP contribution in [0.2, 0.25) is 0 Å². The number of hydrogen-bond donors (Lipinski definition) is 0. The maximum Gasteiger partial charge on any atom is 1.00 e. The van der Waals surface area contributed by atoms with E-state index >= 15 is 0 Å². The van der Waals surface area contributed by atoms with Gasteiger partial charge in [-0.05, 0) is 71.0 Å². The molecule has 0 aliphatic heterocycles. The Morgan fingerprint density at radius 1 is 0.895 bits per heavy atom. The van der Waals surface area contributed by atoms with Crippen LogP contribution in [0.25, 0.3) is 33.3 Å². The molecule has 0 radical (unpaired) electrons. The minimum absolute atomic E-state index is 0. The number of carboxylic acid groups (broad SMARTS) is 2. The minimum Gasteiger partial charge on any atom is -0.549 e. The number of carboxylic acids is 2. The zero-order valence-electron chi connectivity index (χ0n) is 22.7. The van der Waals surface area contributed by atoms with Gasteiger partial charge in [0, 0.05) is 11.5 Å². The number of nitrogens with zero attached hydrogens (tertiary/aromatic N) is 1. The molecule has 188 valence electrons. The molecule has 0 bridgehead atoms. The van der Waals surface area contributed by atoms with Crippen molar-refractivity contribution in [1.29, 1.82) is 0 Å². The third-order valence-corrected chi connectivity index (χ3v) is 6.29. The second kappa shape index (κ2) is 14.0. The minimum atomic E-state index is -1.60. The number of carbonyl (C=O) groups is 2. The Balaban J connectivity index is 0.00000253. The smallest absolute Gasteiger partial charge is 0.549 e. The summed E-state index contributed by atoms with van der Waals surface area (Å²) in [4.78, 5) is 26.3. The van der Waals surface area contributed by atoms with Crippen molar-refractivity contribution in [2.45, 2.75) is 51.9 Å². The maximum atomic E-state index is 10.8. The zero-order valence-corrected chi connectivity index (χ0v) is 26.7. The Labute approximate surface area is 266 Å². The van der Waals surface area contributed by atoms with Gasteiger partial charge in [-0.3, -0.25) is 0 Å². The van der Waals surface area contributed by atoms with Crippen LogP contribution in [-0.4, -0.2) is 23.5 Å². The first kappa shape index (κ1) is 32.3. The fraction of sp³-hybridized carbons (Fsp3) is 0.345. The Bertz CT molecular complexity index is 1400. The first-order valence-corrected chi connectivity index (χ1v) is 12.1. The average molecular weight is 534 g/mol. The topological polar surface area (TPSA) is 116 Å². The van der Waals surface area contributed by atoms with Crippen molar-refractivity contribution >= 4 is 33.8 Å². The Hall–Kier alpha value is -1.87. The molecule has 3 aromatic carbocycles. The van der Waals surface area contributed by atoms with E-state index in [1.54, 1.807) is 0 Å². The fourth-order valence-electron chi connectivity index (χ4n) is 4.11. The Kier molecular flexibility index (Phi) is 11.9. The molecule has 4 aromatic rings. The van der Waals surface area contributed by atoms with Gasteiger partial charge >= 0.3 is 59.1 Å². The molecule has 0 unspecified atom stereocenters. The van der Waals surface area contributed by atoms with Gasteiger partial charge in [0.15, 0.2) is 5.58 Å². The summed E-state index contributed by atoms with van der Waals surface area (Å²) in [5.41, 5.74) is 3.75. The molecule has 0 spiro atoms. The van der Waals surface area contributed by atoms with E-state index in [2.05, 4.69) is 32.9 Å². The molecule has 1 heterocycles. The van der Waals surface area contributed by atoms with Crippen molar-refractivity contribution in [2.24, 2.45) is 5.92 Å². The molecule has 7 nitrogen and oxygen atoms in total. The van der Waals surface area contributed by atoms with Gasteiger partial charge in [0.1, 0.15) is 11.3 Å². The van der Waals surface area contributed by atoms with Gasteiger partial charge in [0.05, 0.1) is 18.5 Å². The van der Waals surface area contributed by atoms with Crippen LogP contribution in [-0.2, 0) is 15.0 Å². The number of ether oxygens (including phenoxy) is 1. The van der Waals surface area contributed by atoms with E-state index in [0.717, 1.165) is 33.2 Å². The van der Waals surface area contributed by atoms with E-state index in [1.807, 2.05) is 42.5 Å². The number of oxazole rings is 1. The number of fused-ring (bicyclic) bond motifs is 2. The van der Waals surface area contributed by atoms with Crippen LogP contribution in [0.4, 0.5) is 0 Å².